The Hall–Kier alpha value is -0.0400. The summed E-state index contributed by atoms with van der Waals surface area (Å²) in [6, 6.07) is 0. The summed E-state index contributed by atoms with van der Waals surface area (Å²) in [6.07, 6.45) is 8.60. The number of hydrogen-bond donors (Lipinski definition) is 1. The average molecular weight is 168 g/mol. The van der Waals surface area contributed by atoms with Crippen LogP contribution in [0.2, 0.25) is 0 Å². The smallest absolute Gasteiger partial charge is 0.0648 e. The lowest BCUT2D eigenvalue weighted by Gasteiger charge is -2.36. The van der Waals surface area contributed by atoms with Gasteiger partial charge >= 0.3 is 0 Å². The molecule has 0 aromatic rings. The highest BCUT2D eigenvalue weighted by Gasteiger charge is 2.39. The standard InChI is InChI=1S/C11H20O/c1-2-11(12)7-3-4-10(8-11)9-5-6-9/h9-10,12H,2-8H2,1H3. The summed E-state index contributed by atoms with van der Waals surface area (Å²) in [5.74, 6) is 1.85. The van der Waals surface area contributed by atoms with E-state index in [1.165, 1.54) is 25.7 Å². The molecule has 0 aromatic heterocycles. The van der Waals surface area contributed by atoms with Gasteiger partial charge in [0.15, 0.2) is 0 Å². The molecule has 2 atom stereocenters. The molecule has 1 heteroatoms. The minimum absolute atomic E-state index is 0.286. The predicted molar refractivity (Wildman–Crippen MR) is 49.9 cm³/mol. The molecule has 0 aromatic carbocycles. The molecule has 1 N–H and O–H groups in total. The fourth-order valence-electron chi connectivity index (χ4n) is 2.68. The van der Waals surface area contributed by atoms with Gasteiger partial charge in [0.25, 0.3) is 0 Å². The first-order valence-electron chi connectivity index (χ1n) is 5.46. The Balaban J connectivity index is 1.93. The van der Waals surface area contributed by atoms with Gasteiger partial charge in [-0.1, -0.05) is 13.3 Å². The molecule has 2 aliphatic rings. The summed E-state index contributed by atoms with van der Waals surface area (Å²) < 4.78 is 0. The highest BCUT2D eigenvalue weighted by molar-refractivity contribution is 4.91. The first-order valence-corrected chi connectivity index (χ1v) is 5.46. The van der Waals surface area contributed by atoms with Gasteiger partial charge in [-0.05, 0) is 50.4 Å². The normalized spacial score (nSPS) is 43.0. The monoisotopic (exact) mass is 168 g/mol. The molecule has 0 saturated heterocycles. The molecule has 2 rings (SSSR count). The molecule has 2 aliphatic carbocycles. The largest absolute Gasteiger partial charge is 0.390 e. The van der Waals surface area contributed by atoms with Crippen molar-refractivity contribution in [3.63, 3.8) is 0 Å². The van der Waals surface area contributed by atoms with Gasteiger partial charge in [-0.2, -0.15) is 0 Å². The third kappa shape index (κ3) is 1.66. The van der Waals surface area contributed by atoms with Crippen molar-refractivity contribution < 1.29 is 5.11 Å². The number of hydrogen-bond acceptors (Lipinski definition) is 1. The summed E-state index contributed by atoms with van der Waals surface area (Å²) >= 11 is 0. The molecular weight excluding hydrogens is 148 g/mol. The second-order valence-electron chi connectivity index (χ2n) is 4.77. The van der Waals surface area contributed by atoms with Crippen molar-refractivity contribution in [3.05, 3.63) is 0 Å². The van der Waals surface area contributed by atoms with Gasteiger partial charge < -0.3 is 5.11 Å². The molecule has 0 radical (unpaired) electrons. The molecule has 12 heavy (non-hydrogen) atoms. The van der Waals surface area contributed by atoms with Crippen molar-refractivity contribution in [1.82, 2.24) is 0 Å². The molecule has 0 aliphatic heterocycles. The molecule has 2 unspecified atom stereocenters. The van der Waals surface area contributed by atoms with Crippen molar-refractivity contribution in [1.29, 1.82) is 0 Å². The Labute approximate surface area is 75.2 Å². The SMILES string of the molecule is CCC1(O)CCCC(C2CC2)C1. The molecule has 2 fully saturated rings. The van der Waals surface area contributed by atoms with Crippen molar-refractivity contribution in [2.75, 3.05) is 0 Å². The Bertz CT molecular complexity index is 162. The van der Waals surface area contributed by atoms with E-state index >= 15 is 0 Å². The van der Waals surface area contributed by atoms with Crippen LogP contribution in [0.25, 0.3) is 0 Å². The predicted octanol–water partition coefficient (Wildman–Crippen LogP) is 2.73. The molecule has 0 bridgehead atoms. The van der Waals surface area contributed by atoms with E-state index in [1.54, 1.807) is 0 Å². The first-order chi connectivity index (χ1) is 5.73. The third-order valence-corrected chi connectivity index (χ3v) is 3.81. The van der Waals surface area contributed by atoms with Crippen LogP contribution in [0.4, 0.5) is 0 Å². The van der Waals surface area contributed by atoms with E-state index in [4.69, 9.17) is 0 Å². The second kappa shape index (κ2) is 3.02. The van der Waals surface area contributed by atoms with Crippen molar-refractivity contribution in [2.24, 2.45) is 11.8 Å². The molecule has 70 valence electrons. The van der Waals surface area contributed by atoms with Gasteiger partial charge in [-0.25, -0.2) is 0 Å². The van der Waals surface area contributed by atoms with Gasteiger partial charge in [-0.3, -0.25) is 0 Å². The van der Waals surface area contributed by atoms with Crippen LogP contribution in [0.3, 0.4) is 0 Å². The maximum Gasteiger partial charge on any atom is 0.0648 e. The fourth-order valence-corrected chi connectivity index (χ4v) is 2.68. The van der Waals surface area contributed by atoms with Crippen LogP contribution in [-0.2, 0) is 0 Å². The van der Waals surface area contributed by atoms with E-state index in [0.29, 0.717) is 0 Å². The quantitative estimate of drug-likeness (QED) is 0.672. The van der Waals surface area contributed by atoms with Crippen LogP contribution in [0.15, 0.2) is 0 Å². The lowest BCUT2D eigenvalue weighted by atomic mass is 9.75. The van der Waals surface area contributed by atoms with E-state index in [1.807, 2.05) is 0 Å². The van der Waals surface area contributed by atoms with Crippen LogP contribution in [0.5, 0.6) is 0 Å². The van der Waals surface area contributed by atoms with Crippen LogP contribution >= 0.6 is 0 Å². The van der Waals surface area contributed by atoms with E-state index < -0.39 is 0 Å². The molecule has 0 amide bonds. The second-order valence-corrected chi connectivity index (χ2v) is 4.77. The van der Waals surface area contributed by atoms with E-state index in [-0.39, 0.29) is 5.60 Å². The van der Waals surface area contributed by atoms with Crippen molar-refractivity contribution >= 4 is 0 Å². The number of rotatable bonds is 2. The summed E-state index contributed by atoms with van der Waals surface area (Å²) in [5, 5.41) is 10.1. The Morgan fingerprint density at radius 2 is 2.00 bits per heavy atom. The zero-order valence-corrected chi connectivity index (χ0v) is 8.05. The fraction of sp³-hybridized carbons (Fsp3) is 1.00. The molecule has 2 saturated carbocycles. The lowest BCUT2D eigenvalue weighted by molar-refractivity contribution is -0.0230. The van der Waals surface area contributed by atoms with Crippen LogP contribution in [0.1, 0.15) is 51.9 Å². The van der Waals surface area contributed by atoms with E-state index in [0.717, 1.165) is 31.1 Å². The summed E-state index contributed by atoms with van der Waals surface area (Å²) in [6.45, 7) is 2.12. The number of aliphatic hydroxyl groups is 1. The van der Waals surface area contributed by atoms with Crippen LogP contribution in [-0.4, -0.2) is 10.7 Å². The minimum Gasteiger partial charge on any atom is -0.390 e. The highest BCUT2D eigenvalue weighted by atomic mass is 16.3. The Morgan fingerprint density at radius 3 is 2.58 bits per heavy atom. The summed E-state index contributed by atoms with van der Waals surface area (Å²) in [4.78, 5) is 0. The van der Waals surface area contributed by atoms with Gasteiger partial charge in [0.1, 0.15) is 0 Å². The topological polar surface area (TPSA) is 20.2 Å². The molecule has 0 heterocycles. The minimum atomic E-state index is -0.286. The molecular formula is C11H20O. The summed E-state index contributed by atoms with van der Waals surface area (Å²) in [7, 11) is 0. The van der Waals surface area contributed by atoms with Crippen LogP contribution in [0, 0.1) is 11.8 Å². The van der Waals surface area contributed by atoms with E-state index in [2.05, 4.69) is 6.92 Å². The van der Waals surface area contributed by atoms with Crippen LogP contribution < -0.4 is 0 Å². The van der Waals surface area contributed by atoms with Crippen molar-refractivity contribution in [3.8, 4) is 0 Å². The van der Waals surface area contributed by atoms with Crippen molar-refractivity contribution in [2.45, 2.75) is 57.5 Å². The average Bonchev–Trinajstić information content (AvgIpc) is 2.87. The molecule has 0 spiro atoms. The highest BCUT2D eigenvalue weighted by Crippen LogP contribution is 2.47. The van der Waals surface area contributed by atoms with Gasteiger partial charge in [0, 0.05) is 0 Å². The maximum atomic E-state index is 10.1. The summed E-state index contributed by atoms with van der Waals surface area (Å²) in [5.41, 5.74) is -0.286. The lowest BCUT2D eigenvalue weighted by Crippen LogP contribution is -2.35. The van der Waals surface area contributed by atoms with E-state index in [9.17, 15) is 5.11 Å². The van der Waals surface area contributed by atoms with Gasteiger partial charge in [0.05, 0.1) is 5.60 Å². The first kappa shape index (κ1) is 8.55. The maximum absolute atomic E-state index is 10.1. The zero-order chi connectivity index (χ0) is 8.60. The third-order valence-electron chi connectivity index (χ3n) is 3.81. The zero-order valence-electron chi connectivity index (χ0n) is 8.05. The Kier molecular flexibility index (Phi) is 2.16. The van der Waals surface area contributed by atoms with Gasteiger partial charge in [0.2, 0.25) is 0 Å². The Morgan fingerprint density at radius 1 is 1.25 bits per heavy atom. The van der Waals surface area contributed by atoms with Gasteiger partial charge in [-0.15, -0.1) is 0 Å². The molecule has 1 nitrogen and oxygen atoms in total.